The Morgan fingerprint density at radius 3 is 2.65 bits per heavy atom. The van der Waals surface area contributed by atoms with Crippen LogP contribution in [0.25, 0.3) is 10.1 Å². The number of fused-ring (bicyclic) bond motifs is 1. The van der Waals surface area contributed by atoms with Crippen LogP contribution >= 0.6 is 11.3 Å². The van der Waals surface area contributed by atoms with Crippen LogP contribution < -0.4 is 4.74 Å². The summed E-state index contributed by atoms with van der Waals surface area (Å²) in [5.74, 6) is 0.604. The molecule has 164 valence electrons. The van der Waals surface area contributed by atoms with Crippen molar-refractivity contribution in [3.05, 3.63) is 58.5 Å². The maximum absolute atomic E-state index is 12.3. The summed E-state index contributed by atoms with van der Waals surface area (Å²) in [6.07, 6.45) is 1.47. The first-order valence-corrected chi connectivity index (χ1v) is 11.1. The summed E-state index contributed by atoms with van der Waals surface area (Å²) in [5, 5.41) is 22.2. The molecule has 3 rings (SSSR count). The number of carbonyl (C=O) groups excluding carboxylic acids is 2. The second-order valence-electron chi connectivity index (χ2n) is 7.20. The largest absolute Gasteiger partial charge is 0.508 e. The lowest BCUT2D eigenvalue weighted by Gasteiger charge is -2.09. The lowest BCUT2D eigenvalue weighted by molar-refractivity contribution is -0.143. The third kappa shape index (κ3) is 6.29. The van der Waals surface area contributed by atoms with E-state index in [-0.39, 0.29) is 37.1 Å². The minimum Gasteiger partial charge on any atom is -0.508 e. The van der Waals surface area contributed by atoms with E-state index in [1.54, 1.807) is 30.4 Å². The Morgan fingerprint density at radius 2 is 1.90 bits per heavy atom. The van der Waals surface area contributed by atoms with E-state index in [1.165, 1.54) is 6.07 Å². The van der Waals surface area contributed by atoms with Crippen LogP contribution in [0.5, 0.6) is 11.5 Å². The molecule has 1 heterocycles. The number of Topliss-reactive ketones (excluding diaryl/α,β-unsaturated/α-hetero) is 1. The molecule has 0 aliphatic carbocycles. The lowest BCUT2D eigenvalue weighted by Crippen LogP contribution is -2.07. The van der Waals surface area contributed by atoms with E-state index in [4.69, 9.17) is 14.6 Å². The van der Waals surface area contributed by atoms with Crippen LogP contribution in [0.4, 0.5) is 0 Å². The molecule has 31 heavy (non-hydrogen) atoms. The Balaban J connectivity index is 1.57. The van der Waals surface area contributed by atoms with Crippen molar-refractivity contribution in [2.24, 2.45) is 0 Å². The van der Waals surface area contributed by atoms with Crippen molar-refractivity contribution in [1.29, 1.82) is 0 Å². The van der Waals surface area contributed by atoms with Crippen LogP contribution in [0.3, 0.4) is 0 Å². The summed E-state index contributed by atoms with van der Waals surface area (Å²) in [5.41, 5.74) is 2.26. The standard InChI is InChI=1S/C24H26O6S/c1-2-29-24(28)5-3-4-19(26)11-18-15-31-23-12-20(8-9-21(18)23)30-14-17-7-6-16(13-25)10-22(17)27/h6-10,12,15,25,27H,2-5,11,13-14H2,1H3. The van der Waals surface area contributed by atoms with Gasteiger partial charge in [-0.3, -0.25) is 9.59 Å². The number of ether oxygens (including phenoxy) is 2. The maximum atomic E-state index is 12.3. The summed E-state index contributed by atoms with van der Waals surface area (Å²) >= 11 is 1.55. The Bertz CT molecular complexity index is 1060. The molecule has 0 amide bonds. The average Bonchev–Trinajstić information content (AvgIpc) is 3.14. The summed E-state index contributed by atoms with van der Waals surface area (Å²) in [7, 11) is 0. The number of esters is 1. The van der Waals surface area contributed by atoms with Crippen molar-refractivity contribution in [3.63, 3.8) is 0 Å². The van der Waals surface area contributed by atoms with Gasteiger partial charge in [0.25, 0.3) is 0 Å². The zero-order valence-corrected chi connectivity index (χ0v) is 18.2. The highest BCUT2D eigenvalue weighted by molar-refractivity contribution is 7.17. The monoisotopic (exact) mass is 442 g/mol. The zero-order chi connectivity index (χ0) is 22.2. The molecule has 0 bridgehead atoms. The molecule has 0 saturated heterocycles. The molecule has 2 N–H and O–H groups in total. The molecule has 0 fully saturated rings. The normalized spacial score (nSPS) is 10.9. The molecule has 2 aromatic carbocycles. The fourth-order valence-electron chi connectivity index (χ4n) is 3.25. The molecule has 0 saturated carbocycles. The summed E-state index contributed by atoms with van der Waals surface area (Å²) in [4.78, 5) is 23.7. The fraction of sp³-hybridized carbons (Fsp3) is 0.333. The van der Waals surface area contributed by atoms with E-state index in [9.17, 15) is 14.7 Å². The maximum Gasteiger partial charge on any atom is 0.305 e. The molecular weight excluding hydrogens is 416 g/mol. The van der Waals surface area contributed by atoms with Gasteiger partial charge in [-0.1, -0.05) is 12.1 Å². The summed E-state index contributed by atoms with van der Waals surface area (Å²) in [6, 6.07) is 10.7. The van der Waals surface area contributed by atoms with Gasteiger partial charge in [0, 0.05) is 29.5 Å². The predicted molar refractivity (Wildman–Crippen MR) is 119 cm³/mol. The number of aliphatic hydroxyl groups is 1. The molecule has 7 heteroatoms. The van der Waals surface area contributed by atoms with Gasteiger partial charge in [0.05, 0.1) is 13.2 Å². The number of rotatable bonds is 11. The zero-order valence-electron chi connectivity index (χ0n) is 17.4. The minimum absolute atomic E-state index is 0.0903. The number of hydrogen-bond donors (Lipinski definition) is 2. The van der Waals surface area contributed by atoms with Crippen molar-refractivity contribution >= 4 is 33.2 Å². The van der Waals surface area contributed by atoms with Crippen LogP contribution in [-0.2, 0) is 34.0 Å². The van der Waals surface area contributed by atoms with Gasteiger partial charge in [-0.25, -0.2) is 0 Å². The van der Waals surface area contributed by atoms with Crippen LogP contribution in [0.2, 0.25) is 0 Å². The molecule has 6 nitrogen and oxygen atoms in total. The molecule has 1 aromatic heterocycles. The first-order chi connectivity index (χ1) is 15.0. The minimum atomic E-state index is -0.263. The topological polar surface area (TPSA) is 93.1 Å². The number of phenols is 1. The third-order valence-electron chi connectivity index (χ3n) is 4.88. The first kappa shape index (κ1) is 22.8. The number of aromatic hydroxyl groups is 1. The van der Waals surface area contributed by atoms with Crippen molar-refractivity contribution in [2.75, 3.05) is 6.61 Å². The predicted octanol–water partition coefficient (Wildman–Crippen LogP) is 4.52. The van der Waals surface area contributed by atoms with E-state index in [2.05, 4.69) is 0 Å². The number of benzene rings is 2. The van der Waals surface area contributed by atoms with Crippen LogP contribution in [0.1, 0.15) is 42.9 Å². The molecule has 0 radical (unpaired) electrons. The number of ketones is 1. The molecule has 0 spiro atoms. The van der Waals surface area contributed by atoms with E-state index in [1.807, 2.05) is 23.6 Å². The van der Waals surface area contributed by atoms with E-state index in [0.29, 0.717) is 42.7 Å². The molecule has 3 aromatic rings. The van der Waals surface area contributed by atoms with Gasteiger partial charge >= 0.3 is 5.97 Å². The number of phenolic OH excluding ortho intramolecular Hbond substituents is 1. The SMILES string of the molecule is CCOC(=O)CCCC(=O)Cc1csc2cc(OCc3ccc(CO)cc3O)ccc12. The van der Waals surface area contributed by atoms with E-state index >= 15 is 0 Å². The van der Waals surface area contributed by atoms with E-state index in [0.717, 1.165) is 15.6 Å². The van der Waals surface area contributed by atoms with Crippen molar-refractivity contribution in [2.45, 2.75) is 45.8 Å². The number of hydrogen-bond acceptors (Lipinski definition) is 7. The Labute approximate surface area is 185 Å². The van der Waals surface area contributed by atoms with Gasteiger partial charge in [-0.2, -0.15) is 0 Å². The van der Waals surface area contributed by atoms with Gasteiger partial charge in [0.15, 0.2) is 0 Å². The van der Waals surface area contributed by atoms with Crippen LogP contribution in [-0.4, -0.2) is 28.6 Å². The summed E-state index contributed by atoms with van der Waals surface area (Å²) < 4.78 is 11.7. The molecule has 0 aliphatic heterocycles. The first-order valence-electron chi connectivity index (χ1n) is 10.2. The van der Waals surface area contributed by atoms with Gasteiger partial charge in [-0.05, 0) is 59.5 Å². The molecule has 0 unspecified atom stereocenters. The second-order valence-corrected chi connectivity index (χ2v) is 8.11. The van der Waals surface area contributed by atoms with Gasteiger partial charge in [-0.15, -0.1) is 11.3 Å². The average molecular weight is 443 g/mol. The van der Waals surface area contributed by atoms with Gasteiger partial charge < -0.3 is 19.7 Å². The number of aliphatic hydroxyl groups excluding tert-OH is 1. The number of thiophene rings is 1. The Hall–Kier alpha value is -2.90. The van der Waals surface area contributed by atoms with Crippen LogP contribution in [0.15, 0.2) is 41.8 Å². The van der Waals surface area contributed by atoms with E-state index < -0.39 is 0 Å². The van der Waals surface area contributed by atoms with Gasteiger partial charge in [0.2, 0.25) is 0 Å². The van der Waals surface area contributed by atoms with Crippen molar-refractivity contribution in [1.82, 2.24) is 0 Å². The molecule has 0 atom stereocenters. The lowest BCUT2D eigenvalue weighted by atomic mass is 10.0. The molecule has 0 aliphatic rings. The van der Waals surface area contributed by atoms with Gasteiger partial charge in [0.1, 0.15) is 23.9 Å². The van der Waals surface area contributed by atoms with Crippen LogP contribution in [0, 0.1) is 0 Å². The highest BCUT2D eigenvalue weighted by Gasteiger charge is 2.12. The van der Waals surface area contributed by atoms with Crippen molar-refractivity contribution in [3.8, 4) is 11.5 Å². The fourth-order valence-corrected chi connectivity index (χ4v) is 4.23. The Morgan fingerprint density at radius 1 is 1.06 bits per heavy atom. The highest BCUT2D eigenvalue weighted by Crippen LogP contribution is 2.31. The van der Waals surface area contributed by atoms with Crippen molar-refractivity contribution < 1.29 is 29.3 Å². The number of carbonyl (C=O) groups is 2. The smallest absolute Gasteiger partial charge is 0.305 e. The molecular formula is C24H26O6S. The Kier molecular flexibility index (Phi) is 8.03. The summed E-state index contributed by atoms with van der Waals surface area (Å²) in [6.45, 7) is 2.21. The quantitative estimate of drug-likeness (QED) is 0.424. The third-order valence-corrected chi connectivity index (χ3v) is 5.88. The highest BCUT2D eigenvalue weighted by atomic mass is 32.1. The second kappa shape index (κ2) is 10.9.